The van der Waals surface area contributed by atoms with Gasteiger partial charge in [0.1, 0.15) is 17.4 Å². The Balaban J connectivity index is 0. The van der Waals surface area contributed by atoms with Gasteiger partial charge < -0.3 is 15.0 Å². The Bertz CT molecular complexity index is 1670. The highest BCUT2D eigenvalue weighted by molar-refractivity contribution is 7.90. The molecule has 2 N–H and O–H groups in total. The number of anilines is 2. The van der Waals surface area contributed by atoms with Gasteiger partial charge in [0.15, 0.2) is 5.03 Å². The topological polar surface area (TPSA) is 131 Å². The van der Waals surface area contributed by atoms with Gasteiger partial charge in [-0.3, -0.25) is 9.59 Å². The van der Waals surface area contributed by atoms with Gasteiger partial charge in [-0.1, -0.05) is 30.7 Å². The molecule has 2 amide bonds. The van der Waals surface area contributed by atoms with Crippen LogP contribution in [0.1, 0.15) is 70.4 Å². The van der Waals surface area contributed by atoms with Gasteiger partial charge in [0, 0.05) is 37.6 Å². The Morgan fingerprint density at radius 3 is 2.58 bits per heavy atom. The third kappa shape index (κ3) is 7.63. The summed E-state index contributed by atoms with van der Waals surface area (Å²) in [6, 6.07) is 12.8. The van der Waals surface area contributed by atoms with E-state index in [9.17, 15) is 18.0 Å². The molecule has 2 aromatic heterocycles. The summed E-state index contributed by atoms with van der Waals surface area (Å²) in [5, 5.41) is 2.57. The Morgan fingerprint density at radius 2 is 1.88 bits per heavy atom. The van der Waals surface area contributed by atoms with Gasteiger partial charge in [-0.15, -0.1) is 12.3 Å². The first-order chi connectivity index (χ1) is 20.5. The lowest BCUT2D eigenvalue weighted by Crippen LogP contribution is -2.37. The van der Waals surface area contributed by atoms with Crippen LogP contribution in [0.25, 0.3) is 11.3 Å². The molecule has 43 heavy (non-hydrogen) atoms. The smallest absolute Gasteiger partial charge is 0.281 e. The van der Waals surface area contributed by atoms with Crippen LogP contribution in [0.2, 0.25) is 5.02 Å². The number of ether oxygens (including phenoxy) is 1. The van der Waals surface area contributed by atoms with E-state index >= 15 is 0 Å². The average Bonchev–Trinajstić information content (AvgIpc) is 3.32. The molecule has 1 aliphatic heterocycles. The normalized spacial score (nSPS) is 16.4. The molecule has 3 heterocycles. The van der Waals surface area contributed by atoms with E-state index in [1.165, 1.54) is 18.2 Å². The maximum Gasteiger partial charge on any atom is 0.281 e. The predicted octanol–water partition coefficient (Wildman–Crippen LogP) is 6.66. The number of pyridine rings is 2. The van der Waals surface area contributed by atoms with E-state index in [-0.39, 0.29) is 43.4 Å². The maximum atomic E-state index is 13.6. The third-order valence-electron chi connectivity index (χ3n) is 6.99. The van der Waals surface area contributed by atoms with Crippen LogP contribution in [0.15, 0.2) is 53.6 Å². The Hall–Kier alpha value is -4.14. The number of aromatic nitrogens is 2. The summed E-state index contributed by atoms with van der Waals surface area (Å²) in [5.74, 6) is 2.03. The number of carbonyl (C=O) groups excluding carboxylic acids is 2. The molecule has 1 aromatic carbocycles. The van der Waals surface area contributed by atoms with Crippen LogP contribution in [0, 0.1) is 12.3 Å². The van der Waals surface area contributed by atoms with E-state index < -0.39 is 26.9 Å². The van der Waals surface area contributed by atoms with Crippen molar-refractivity contribution in [2.45, 2.75) is 70.0 Å². The number of carbonyl (C=O) groups is 2. The molecule has 0 radical (unpaired) electrons. The van der Waals surface area contributed by atoms with Crippen LogP contribution in [0.3, 0.4) is 0 Å². The fourth-order valence-corrected chi connectivity index (χ4v) is 5.94. The van der Waals surface area contributed by atoms with Crippen molar-refractivity contribution >= 4 is 45.1 Å². The Labute approximate surface area is 264 Å². The lowest BCUT2D eigenvalue weighted by atomic mass is 10.1. The number of sulfonamides is 1. The van der Waals surface area contributed by atoms with Crippen molar-refractivity contribution in [2.24, 2.45) is 0 Å². The van der Waals surface area contributed by atoms with Gasteiger partial charge in [0.25, 0.3) is 15.9 Å². The van der Waals surface area contributed by atoms with Gasteiger partial charge in [0.2, 0.25) is 5.91 Å². The van der Waals surface area contributed by atoms with Crippen molar-refractivity contribution in [3.8, 4) is 29.4 Å². The second kappa shape index (κ2) is 13.9. The predicted molar refractivity (Wildman–Crippen MR) is 177 cm³/mol. The van der Waals surface area contributed by atoms with Gasteiger partial charge in [0.05, 0.1) is 22.9 Å². The summed E-state index contributed by atoms with van der Waals surface area (Å²) in [6.45, 7) is 6.60. The van der Waals surface area contributed by atoms with Crippen molar-refractivity contribution in [1.82, 2.24) is 14.7 Å². The van der Waals surface area contributed by atoms with Crippen molar-refractivity contribution in [2.75, 3.05) is 16.8 Å². The molecule has 4 rings (SSSR count). The third-order valence-corrected chi connectivity index (χ3v) is 8.54. The highest BCUT2D eigenvalue weighted by atomic mass is 35.5. The number of benzene rings is 1. The van der Waals surface area contributed by atoms with E-state index in [4.69, 9.17) is 27.7 Å². The molecule has 236 valence electrons. The first kappa shape index (κ1) is 31.8. The van der Waals surface area contributed by atoms with Crippen molar-refractivity contribution in [1.29, 1.82) is 0 Å². The quantitative estimate of drug-likeness (QED) is 0.224. The number of nitrogens with one attached hydrogen (secondary N) is 2. The Kier molecular flexibility index (Phi) is 10.3. The van der Waals surface area contributed by atoms with Crippen LogP contribution in [0.5, 0.6) is 5.75 Å². The molecule has 0 unspecified atom stereocenters. The first-order valence-corrected chi connectivity index (χ1v) is 15.9. The SMILES string of the molecule is C#CCCC(=O)Nc1cccc(S(=O)(=O)NC(=O)c2ccc(-c3ccc(Cl)c(OCCC)c3)nc2N2[C@H](C)CC[C@@H]2C)n1.[HH].[HH].[HH].[HH].[HH]. The number of hydrogen-bond acceptors (Lipinski definition) is 8. The van der Waals surface area contributed by atoms with Crippen LogP contribution in [-0.4, -0.2) is 48.9 Å². The maximum absolute atomic E-state index is 13.6. The molecule has 1 aliphatic rings. The highest BCUT2D eigenvalue weighted by Gasteiger charge is 2.33. The van der Waals surface area contributed by atoms with E-state index in [2.05, 4.69) is 20.9 Å². The summed E-state index contributed by atoms with van der Waals surface area (Å²) in [4.78, 5) is 36.5. The largest absolute Gasteiger partial charge is 0.492 e. The van der Waals surface area contributed by atoms with Gasteiger partial charge >= 0.3 is 0 Å². The number of terminal acetylenes is 1. The second-order valence-electron chi connectivity index (χ2n) is 10.3. The molecule has 0 spiro atoms. The van der Waals surface area contributed by atoms with Gasteiger partial charge in [-0.25, -0.2) is 14.7 Å². The number of halogens is 1. The second-order valence-corrected chi connectivity index (χ2v) is 12.3. The van der Waals surface area contributed by atoms with Crippen LogP contribution >= 0.6 is 11.6 Å². The molecule has 10 nitrogen and oxygen atoms in total. The molecule has 1 saturated heterocycles. The van der Waals surface area contributed by atoms with E-state index in [0.29, 0.717) is 28.9 Å². The average molecular weight is 634 g/mol. The molecule has 12 heteroatoms. The number of rotatable bonds is 11. The van der Waals surface area contributed by atoms with Crippen LogP contribution < -0.4 is 19.7 Å². The van der Waals surface area contributed by atoms with Crippen LogP contribution in [0.4, 0.5) is 11.6 Å². The minimum Gasteiger partial charge on any atom is -0.492 e. The van der Waals surface area contributed by atoms with Gasteiger partial charge in [-0.2, -0.15) is 8.42 Å². The fraction of sp³-hybridized carbons (Fsp3) is 0.355. The van der Waals surface area contributed by atoms with E-state index in [0.717, 1.165) is 24.8 Å². The Morgan fingerprint density at radius 1 is 1.14 bits per heavy atom. The minimum absolute atomic E-state index is 0. The van der Waals surface area contributed by atoms with Crippen molar-refractivity contribution < 1.29 is 29.9 Å². The highest BCUT2D eigenvalue weighted by Crippen LogP contribution is 2.35. The molecule has 0 bridgehead atoms. The standard InChI is InChI=1S/C31H34ClN5O5S.5H2/c1-5-7-10-28(38)34-27-9-8-11-29(35-27)43(40,41)36-31(39)23-15-17-25(33-30(23)37-20(3)12-13-21(37)4)22-14-16-24(32)26(19-22)42-18-6-2;;;;;/h1,8-9,11,14-17,19-21H,6-7,10,12-13,18H2,2-4H3,(H,36,39)(H,34,35,38);5*1H/t20-,21+;;;;;. The van der Waals surface area contributed by atoms with E-state index in [1.54, 1.807) is 24.3 Å². The zero-order chi connectivity index (χ0) is 31.1. The number of nitrogens with zero attached hydrogens (tertiary/aromatic N) is 3. The van der Waals surface area contributed by atoms with E-state index in [1.807, 2.05) is 31.7 Å². The molecule has 3 aromatic rings. The summed E-state index contributed by atoms with van der Waals surface area (Å²) in [6.07, 6.45) is 8.10. The monoisotopic (exact) mass is 633 g/mol. The lowest BCUT2D eigenvalue weighted by Gasteiger charge is -2.29. The minimum atomic E-state index is -4.40. The van der Waals surface area contributed by atoms with Gasteiger partial charge in [-0.05, 0) is 69.5 Å². The zero-order valence-corrected chi connectivity index (χ0v) is 25.8. The zero-order valence-electron chi connectivity index (χ0n) is 24.3. The summed E-state index contributed by atoms with van der Waals surface area (Å²) >= 11 is 6.33. The number of hydrogen-bond donors (Lipinski definition) is 2. The molecule has 0 saturated carbocycles. The molecular weight excluding hydrogens is 590 g/mol. The van der Waals surface area contributed by atoms with Crippen molar-refractivity contribution in [3.63, 3.8) is 0 Å². The lowest BCUT2D eigenvalue weighted by molar-refractivity contribution is -0.116. The fourth-order valence-electron chi connectivity index (χ4n) is 4.84. The summed E-state index contributed by atoms with van der Waals surface area (Å²) < 4.78 is 34.4. The molecule has 0 aliphatic carbocycles. The molecule has 2 atom stereocenters. The first-order valence-electron chi connectivity index (χ1n) is 14.0. The number of amides is 2. The summed E-state index contributed by atoms with van der Waals surface area (Å²) in [7, 11) is -4.40. The van der Waals surface area contributed by atoms with Crippen LogP contribution in [-0.2, 0) is 14.8 Å². The molecule has 1 fully saturated rings. The molecular formula is C31H44ClN5O5S. The van der Waals surface area contributed by atoms with Crippen molar-refractivity contribution in [3.05, 3.63) is 59.1 Å². The summed E-state index contributed by atoms with van der Waals surface area (Å²) in [5.41, 5.74) is 1.41.